The van der Waals surface area contributed by atoms with Crippen LogP contribution in [0.25, 0.3) is 0 Å². The van der Waals surface area contributed by atoms with Crippen LogP contribution in [-0.2, 0) is 9.68 Å². The number of phenolic OH excluding ortho intramolecular Hbond substituents is 4. The Morgan fingerprint density at radius 2 is 1.12 bits per heavy atom. The molecule has 0 aliphatic rings. The van der Waals surface area contributed by atoms with Crippen LogP contribution in [0.15, 0.2) is 46.7 Å². The Bertz CT molecular complexity index is 711. The van der Waals surface area contributed by atoms with E-state index in [2.05, 4.69) is 10.3 Å². The lowest BCUT2D eigenvalue weighted by molar-refractivity contribution is 0.112. The lowest BCUT2D eigenvalue weighted by Gasteiger charge is -2.02. The van der Waals surface area contributed by atoms with Crippen molar-refractivity contribution in [3.8, 4) is 23.0 Å². The van der Waals surface area contributed by atoms with Crippen molar-refractivity contribution in [2.45, 2.75) is 12.8 Å². The van der Waals surface area contributed by atoms with E-state index in [1.165, 1.54) is 24.6 Å². The van der Waals surface area contributed by atoms with Crippen molar-refractivity contribution in [1.29, 1.82) is 0 Å². The fourth-order valence-electron chi connectivity index (χ4n) is 1.93. The Balaban J connectivity index is 1.59. The first-order valence-corrected chi connectivity index (χ1v) is 7.92. The second-order valence-electron chi connectivity index (χ2n) is 5.27. The Hall–Kier alpha value is -3.42. The number of hydrogen-bond acceptors (Lipinski definition) is 8. The quantitative estimate of drug-likeness (QED) is 0.236. The summed E-state index contributed by atoms with van der Waals surface area (Å²) in [6, 6.07) is 9.11. The van der Waals surface area contributed by atoms with E-state index in [4.69, 9.17) is 9.68 Å². The summed E-state index contributed by atoms with van der Waals surface area (Å²) in [6.07, 6.45) is 3.99. The van der Waals surface area contributed by atoms with E-state index in [1.807, 2.05) is 0 Å². The fraction of sp³-hybridized carbons (Fsp3) is 0.222. The van der Waals surface area contributed by atoms with Gasteiger partial charge in [0.15, 0.2) is 23.0 Å². The Kier molecular flexibility index (Phi) is 7.11. The Morgan fingerprint density at radius 3 is 1.54 bits per heavy atom. The average Bonchev–Trinajstić information content (AvgIpc) is 2.63. The van der Waals surface area contributed by atoms with Crippen molar-refractivity contribution in [1.82, 2.24) is 0 Å². The van der Waals surface area contributed by atoms with E-state index >= 15 is 0 Å². The topological polar surface area (TPSA) is 124 Å². The molecule has 0 bridgehead atoms. The first-order valence-electron chi connectivity index (χ1n) is 7.92. The van der Waals surface area contributed by atoms with Gasteiger partial charge in [-0.25, -0.2) is 0 Å². The van der Waals surface area contributed by atoms with Gasteiger partial charge in [0.25, 0.3) is 0 Å². The fourth-order valence-corrected chi connectivity index (χ4v) is 1.93. The Labute approximate surface area is 150 Å². The number of unbranched alkanes of at least 4 members (excludes halogenated alkanes) is 1. The predicted octanol–water partition coefficient (Wildman–Crippen LogP) is 2.69. The molecule has 0 saturated heterocycles. The van der Waals surface area contributed by atoms with Gasteiger partial charge in [-0.2, -0.15) is 0 Å². The summed E-state index contributed by atoms with van der Waals surface area (Å²) in [6.45, 7) is 0.715. The summed E-state index contributed by atoms with van der Waals surface area (Å²) in [5.41, 5.74) is 0.718. The van der Waals surface area contributed by atoms with Crippen molar-refractivity contribution in [3.05, 3.63) is 47.5 Å². The highest BCUT2D eigenvalue weighted by Crippen LogP contribution is 2.27. The van der Waals surface area contributed by atoms with Gasteiger partial charge in [0.2, 0.25) is 0 Å². The van der Waals surface area contributed by atoms with Crippen molar-refractivity contribution in [3.63, 3.8) is 0 Å². The number of para-hydroxylation sites is 2. The maximum absolute atomic E-state index is 9.58. The minimum absolute atomic E-state index is 0.217. The van der Waals surface area contributed by atoms with Crippen LogP contribution in [0.3, 0.4) is 0 Å². The molecule has 0 radical (unpaired) electrons. The highest BCUT2D eigenvalue weighted by molar-refractivity contribution is 5.84. The van der Waals surface area contributed by atoms with E-state index in [9.17, 15) is 20.4 Å². The third-order valence-electron chi connectivity index (χ3n) is 3.35. The zero-order valence-corrected chi connectivity index (χ0v) is 13.9. The molecule has 0 spiro atoms. The molecule has 0 aromatic heterocycles. The maximum Gasteiger partial charge on any atom is 0.166 e. The van der Waals surface area contributed by atoms with Gasteiger partial charge >= 0.3 is 0 Å². The van der Waals surface area contributed by atoms with E-state index < -0.39 is 0 Å². The summed E-state index contributed by atoms with van der Waals surface area (Å²) < 4.78 is 0. The van der Waals surface area contributed by atoms with Gasteiger partial charge in [0.05, 0.1) is 12.4 Å². The molecule has 8 nitrogen and oxygen atoms in total. The third-order valence-corrected chi connectivity index (χ3v) is 3.35. The number of benzene rings is 2. The summed E-state index contributed by atoms with van der Waals surface area (Å²) in [7, 11) is 0. The third kappa shape index (κ3) is 5.59. The number of oxime groups is 2. The molecule has 2 aromatic rings. The lowest BCUT2D eigenvalue weighted by atomic mass is 10.2. The van der Waals surface area contributed by atoms with Crippen LogP contribution in [0.1, 0.15) is 24.0 Å². The van der Waals surface area contributed by atoms with Crippen molar-refractivity contribution < 1.29 is 30.1 Å². The highest BCUT2D eigenvalue weighted by Gasteiger charge is 2.03. The molecule has 0 fully saturated rings. The number of rotatable bonds is 9. The molecule has 138 valence electrons. The van der Waals surface area contributed by atoms with Crippen molar-refractivity contribution in [2.24, 2.45) is 10.3 Å². The largest absolute Gasteiger partial charge is 0.504 e. The maximum atomic E-state index is 9.58. The van der Waals surface area contributed by atoms with Gasteiger partial charge in [-0.1, -0.05) is 22.4 Å². The minimum atomic E-state index is -0.246. The first-order chi connectivity index (χ1) is 12.6. The normalized spacial score (nSPS) is 11.2. The summed E-state index contributed by atoms with van der Waals surface area (Å²) in [5, 5.41) is 45.3. The molecule has 4 N–H and O–H groups in total. The van der Waals surface area contributed by atoms with E-state index in [-0.39, 0.29) is 23.0 Å². The standard InChI is InChI=1S/C18H20N2O6/c21-15-7-3-5-13(17(15)23)11-19-25-9-1-2-10-26-20-12-14-6-4-8-16(22)18(14)24/h3-8,11-12,21-24H,1-2,9-10H2/b19-11+,20-12+. The number of nitrogens with zero attached hydrogens (tertiary/aromatic N) is 2. The van der Waals surface area contributed by atoms with Crippen LogP contribution >= 0.6 is 0 Å². The van der Waals surface area contributed by atoms with Crippen LogP contribution in [0.4, 0.5) is 0 Å². The zero-order chi connectivity index (χ0) is 18.8. The van der Waals surface area contributed by atoms with E-state index in [0.29, 0.717) is 37.2 Å². The highest BCUT2D eigenvalue weighted by atomic mass is 16.6. The van der Waals surface area contributed by atoms with Crippen LogP contribution in [0, 0.1) is 0 Å². The first kappa shape index (κ1) is 18.9. The van der Waals surface area contributed by atoms with Gasteiger partial charge in [-0.15, -0.1) is 0 Å². The molecule has 2 rings (SSSR count). The summed E-state index contributed by atoms with van der Waals surface area (Å²) >= 11 is 0. The Morgan fingerprint density at radius 1 is 0.692 bits per heavy atom. The predicted molar refractivity (Wildman–Crippen MR) is 95.9 cm³/mol. The molecule has 0 atom stereocenters. The molecule has 0 heterocycles. The van der Waals surface area contributed by atoms with Crippen LogP contribution < -0.4 is 0 Å². The van der Waals surface area contributed by atoms with Crippen molar-refractivity contribution in [2.75, 3.05) is 13.2 Å². The molecular formula is C18H20N2O6. The van der Waals surface area contributed by atoms with Crippen LogP contribution in [-0.4, -0.2) is 46.1 Å². The summed E-state index contributed by atoms with van der Waals surface area (Å²) in [4.78, 5) is 10.1. The summed E-state index contributed by atoms with van der Waals surface area (Å²) in [5.74, 6) is -0.927. The second kappa shape index (κ2) is 9.77. The molecule has 8 heteroatoms. The van der Waals surface area contributed by atoms with Crippen LogP contribution in [0.5, 0.6) is 23.0 Å². The number of hydrogen-bond donors (Lipinski definition) is 4. The van der Waals surface area contributed by atoms with Crippen LogP contribution in [0.2, 0.25) is 0 Å². The van der Waals surface area contributed by atoms with Gasteiger partial charge in [0, 0.05) is 11.1 Å². The average molecular weight is 360 g/mol. The molecule has 0 amide bonds. The SMILES string of the molecule is Oc1cccc(/C=N/OCCCCO/N=C/c2cccc(O)c2O)c1O. The van der Waals surface area contributed by atoms with Crippen molar-refractivity contribution >= 4 is 12.4 Å². The molecular weight excluding hydrogens is 340 g/mol. The molecule has 0 aliphatic carbocycles. The van der Waals surface area contributed by atoms with E-state index in [1.54, 1.807) is 24.3 Å². The minimum Gasteiger partial charge on any atom is -0.504 e. The van der Waals surface area contributed by atoms with Gasteiger partial charge in [0.1, 0.15) is 13.2 Å². The van der Waals surface area contributed by atoms with Gasteiger partial charge < -0.3 is 30.1 Å². The lowest BCUT2D eigenvalue weighted by Crippen LogP contribution is -1.94. The molecule has 0 saturated carbocycles. The smallest absolute Gasteiger partial charge is 0.166 e. The number of phenols is 4. The zero-order valence-electron chi connectivity index (χ0n) is 13.9. The molecule has 26 heavy (non-hydrogen) atoms. The molecule has 2 aromatic carbocycles. The van der Waals surface area contributed by atoms with E-state index in [0.717, 1.165) is 0 Å². The van der Waals surface area contributed by atoms with Gasteiger partial charge in [-0.3, -0.25) is 0 Å². The molecule has 0 aliphatic heterocycles. The second-order valence-corrected chi connectivity index (χ2v) is 5.27. The monoisotopic (exact) mass is 360 g/mol. The molecule has 0 unspecified atom stereocenters. The van der Waals surface area contributed by atoms with Gasteiger partial charge in [-0.05, 0) is 37.1 Å². The number of aromatic hydroxyl groups is 4.